The lowest BCUT2D eigenvalue weighted by atomic mass is 10.1. The standard InChI is InChI=1S/C13H18N2O.ClH/c1-9(2)13(16)15-6-10-3-4-11-7-14-8-12(11)5-10;/h3-5,9,14H,6-8H2,1-2H3,(H,15,16);1H. The fraction of sp³-hybridized carbons (Fsp3) is 0.462. The van der Waals surface area contributed by atoms with E-state index in [4.69, 9.17) is 0 Å². The molecule has 0 radical (unpaired) electrons. The molecule has 2 N–H and O–H groups in total. The molecule has 94 valence electrons. The minimum atomic E-state index is 0. The van der Waals surface area contributed by atoms with Gasteiger partial charge in [-0.2, -0.15) is 0 Å². The Labute approximate surface area is 108 Å². The van der Waals surface area contributed by atoms with Crippen LogP contribution >= 0.6 is 12.4 Å². The molecular formula is C13H19ClN2O. The number of carbonyl (C=O) groups excluding carboxylic acids is 1. The van der Waals surface area contributed by atoms with Crippen molar-refractivity contribution in [2.45, 2.75) is 33.5 Å². The molecule has 0 aromatic heterocycles. The average molecular weight is 255 g/mol. The fourth-order valence-electron chi connectivity index (χ4n) is 1.85. The van der Waals surface area contributed by atoms with Gasteiger partial charge in [-0.3, -0.25) is 4.79 Å². The molecule has 3 nitrogen and oxygen atoms in total. The molecule has 1 heterocycles. The number of fused-ring (bicyclic) bond motifs is 1. The molecule has 0 fully saturated rings. The lowest BCUT2D eigenvalue weighted by Gasteiger charge is -2.08. The Morgan fingerprint density at radius 3 is 2.76 bits per heavy atom. The largest absolute Gasteiger partial charge is 0.352 e. The van der Waals surface area contributed by atoms with Gasteiger partial charge in [-0.05, 0) is 16.7 Å². The molecule has 0 unspecified atom stereocenters. The predicted molar refractivity (Wildman–Crippen MR) is 70.9 cm³/mol. The highest BCUT2D eigenvalue weighted by molar-refractivity contribution is 5.85. The maximum absolute atomic E-state index is 11.4. The van der Waals surface area contributed by atoms with Crippen LogP contribution in [0.1, 0.15) is 30.5 Å². The van der Waals surface area contributed by atoms with Crippen molar-refractivity contribution in [3.8, 4) is 0 Å². The first kappa shape index (κ1) is 14.0. The Bertz CT molecular complexity index is 404. The minimum absolute atomic E-state index is 0. The van der Waals surface area contributed by atoms with Gasteiger partial charge in [0.1, 0.15) is 0 Å². The number of carbonyl (C=O) groups is 1. The lowest BCUT2D eigenvalue weighted by Crippen LogP contribution is -2.27. The summed E-state index contributed by atoms with van der Waals surface area (Å²) in [5.74, 6) is 0.162. The van der Waals surface area contributed by atoms with Gasteiger partial charge < -0.3 is 10.6 Å². The van der Waals surface area contributed by atoms with Crippen LogP contribution in [0.3, 0.4) is 0 Å². The van der Waals surface area contributed by atoms with Crippen LogP contribution in [0.25, 0.3) is 0 Å². The fourth-order valence-corrected chi connectivity index (χ4v) is 1.85. The van der Waals surface area contributed by atoms with Gasteiger partial charge in [-0.1, -0.05) is 32.0 Å². The molecule has 1 aromatic carbocycles. The average Bonchev–Trinajstić information content (AvgIpc) is 2.72. The third-order valence-corrected chi connectivity index (χ3v) is 2.89. The van der Waals surface area contributed by atoms with Crippen molar-refractivity contribution in [2.75, 3.05) is 0 Å². The smallest absolute Gasteiger partial charge is 0.222 e. The second-order valence-corrected chi connectivity index (χ2v) is 4.58. The number of rotatable bonds is 3. The summed E-state index contributed by atoms with van der Waals surface area (Å²) in [5.41, 5.74) is 3.91. The topological polar surface area (TPSA) is 41.1 Å². The summed E-state index contributed by atoms with van der Waals surface area (Å²) in [6, 6.07) is 6.41. The predicted octanol–water partition coefficient (Wildman–Crippen LogP) is 1.98. The van der Waals surface area contributed by atoms with Crippen LogP contribution in [-0.4, -0.2) is 5.91 Å². The Balaban J connectivity index is 0.00000144. The van der Waals surface area contributed by atoms with E-state index >= 15 is 0 Å². The van der Waals surface area contributed by atoms with Crippen molar-refractivity contribution in [3.05, 3.63) is 34.9 Å². The molecule has 1 amide bonds. The van der Waals surface area contributed by atoms with Crippen molar-refractivity contribution < 1.29 is 4.79 Å². The summed E-state index contributed by atoms with van der Waals surface area (Å²) < 4.78 is 0. The Morgan fingerprint density at radius 1 is 1.35 bits per heavy atom. The van der Waals surface area contributed by atoms with Crippen molar-refractivity contribution in [2.24, 2.45) is 5.92 Å². The molecule has 1 aromatic rings. The van der Waals surface area contributed by atoms with Gasteiger partial charge in [0.2, 0.25) is 5.91 Å². The molecule has 17 heavy (non-hydrogen) atoms. The third kappa shape index (κ3) is 3.45. The number of benzene rings is 1. The molecule has 1 aliphatic heterocycles. The highest BCUT2D eigenvalue weighted by Gasteiger charge is 2.11. The Morgan fingerprint density at radius 2 is 2.06 bits per heavy atom. The number of hydrogen-bond acceptors (Lipinski definition) is 2. The van der Waals surface area contributed by atoms with E-state index in [2.05, 4.69) is 28.8 Å². The summed E-state index contributed by atoms with van der Waals surface area (Å²) in [5, 5.41) is 6.24. The molecule has 1 aliphatic rings. The van der Waals surface area contributed by atoms with Crippen molar-refractivity contribution >= 4 is 18.3 Å². The van der Waals surface area contributed by atoms with E-state index in [1.807, 2.05) is 13.8 Å². The molecule has 0 atom stereocenters. The molecule has 2 rings (SSSR count). The van der Waals surface area contributed by atoms with Crippen LogP contribution in [0, 0.1) is 5.92 Å². The normalized spacial score (nSPS) is 13.1. The summed E-state index contributed by atoms with van der Waals surface area (Å²) in [6.45, 7) is 6.35. The highest BCUT2D eigenvalue weighted by atomic mass is 35.5. The SMILES string of the molecule is CC(C)C(=O)NCc1ccc2c(c1)CNC2.Cl. The van der Waals surface area contributed by atoms with Gasteiger partial charge in [0.05, 0.1) is 0 Å². The zero-order valence-electron chi connectivity index (χ0n) is 10.2. The Kier molecular flexibility index (Phi) is 4.97. The van der Waals surface area contributed by atoms with E-state index in [9.17, 15) is 4.79 Å². The molecule has 0 spiro atoms. The Hall–Kier alpha value is -1.06. The molecule has 0 aliphatic carbocycles. The van der Waals surface area contributed by atoms with Gasteiger partial charge in [0.15, 0.2) is 0 Å². The summed E-state index contributed by atoms with van der Waals surface area (Å²) >= 11 is 0. The van der Waals surface area contributed by atoms with E-state index in [1.54, 1.807) is 0 Å². The van der Waals surface area contributed by atoms with Gasteiger partial charge in [0.25, 0.3) is 0 Å². The third-order valence-electron chi connectivity index (χ3n) is 2.89. The minimum Gasteiger partial charge on any atom is -0.352 e. The second kappa shape index (κ2) is 6.03. The van der Waals surface area contributed by atoms with Gasteiger partial charge >= 0.3 is 0 Å². The second-order valence-electron chi connectivity index (χ2n) is 4.58. The summed E-state index contributed by atoms with van der Waals surface area (Å²) in [7, 11) is 0. The number of hydrogen-bond donors (Lipinski definition) is 2. The first-order chi connectivity index (χ1) is 7.66. The van der Waals surface area contributed by atoms with Crippen LogP contribution in [0.5, 0.6) is 0 Å². The maximum Gasteiger partial charge on any atom is 0.222 e. The van der Waals surface area contributed by atoms with E-state index in [0.29, 0.717) is 6.54 Å². The molecule has 4 heteroatoms. The van der Waals surface area contributed by atoms with Crippen molar-refractivity contribution in [3.63, 3.8) is 0 Å². The van der Waals surface area contributed by atoms with Gasteiger partial charge in [-0.25, -0.2) is 0 Å². The summed E-state index contributed by atoms with van der Waals surface area (Å²) in [6.07, 6.45) is 0. The number of nitrogens with one attached hydrogen (secondary N) is 2. The van der Waals surface area contributed by atoms with Crippen LogP contribution < -0.4 is 10.6 Å². The van der Waals surface area contributed by atoms with E-state index in [0.717, 1.165) is 13.1 Å². The molecular weight excluding hydrogens is 236 g/mol. The zero-order chi connectivity index (χ0) is 11.5. The zero-order valence-corrected chi connectivity index (χ0v) is 11.1. The number of amides is 1. The van der Waals surface area contributed by atoms with E-state index in [-0.39, 0.29) is 24.2 Å². The monoisotopic (exact) mass is 254 g/mol. The lowest BCUT2D eigenvalue weighted by molar-refractivity contribution is -0.124. The highest BCUT2D eigenvalue weighted by Crippen LogP contribution is 2.16. The van der Waals surface area contributed by atoms with E-state index < -0.39 is 0 Å². The van der Waals surface area contributed by atoms with Crippen molar-refractivity contribution in [1.29, 1.82) is 0 Å². The van der Waals surface area contributed by atoms with Crippen LogP contribution in [-0.2, 0) is 24.4 Å². The van der Waals surface area contributed by atoms with Crippen LogP contribution in [0.4, 0.5) is 0 Å². The number of halogens is 1. The molecule has 0 saturated carbocycles. The van der Waals surface area contributed by atoms with Gasteiger partial charge in [-0.15, -0.1) is 12.4 Å². The van der Waals surface area contributed by atoms with Crippen LogP contribution in [0.2, 0.25) is 0 Å². The van der Waals surface area contributed by atoms with Crippen molar-refractivity contribution in [1.82, 2.24) is 10.6 Å². The van der Waals surface area contributed by atoms with Crippen LogP contribution in [0.15, 0.2) is 18.2 Å². The van der Waals surface area contributed by atoms with Gasteiger partial charge in [0, 0.05) is 25.6 Å². The first-order valence-electron chi connectivity index (χ1n) is 5.76. The quantitative estimate of drug-likeness (QED) is 0.866. The van der Waals surface area contributed by atoms with E-state index in [1.165, 1.54) is 16.7 Å². The maximum atomic E-state index is 11.4. The first-order valence-corrected chi connectivity index (χ1v) is 5.76. The summed E-state index contributed by atoms with van der Waals surface area (Å²) in [4.78, 5) is 11.4. The molecule has 0 bridgehead atoms. The molecule has 0 saturated heterocycles.